The molecule has 0 fully saturated rings. The number of carboxylic acids is 1. The number of aliphatic carboxylic acids is 1. The molecule has 0 heterocycles. The highest BCUT2D eigenvalue weighted by molar-refractivity contribution is 5.76. The van der Waals surface area contributed by atoms with E-state index in [2.05, 4.69) is 5.32 Å². The molecule has 2 unspecified atom stereocenters. The van der Waals surface area contributed by atoms with Crippen molar-refractivity contribution in [3.63, 3.8) is 0 Å². The summed E-state index contributed by atoms with van der Waals surface area (Å²) in [5.41, 5.74) is 0.937. The summed E-state index contributed by atoms with van der Waals surface area (Å²) in [6.07, 6.45) is 0. The fourth-order valence-electron chi connectivity index (χ4n) is 1.90. The Bertz CT molecular complexity index is 464. The van der Waals surface area contributed by atoms with E-state index in [1.165, 1.54) is 4.90 Å². The van der Waals surface area contributed by atoms with E-state index < -0.39 is 11.9 Å². The number of carbonyl (C=O) groups excluding carboxylic acids is 1. The second kappa shape index (κ2) is 8.26. The van der Waals surface area contributed by atoms with E-state index in [4.69, 9.17) is 9.84 Å². The second-order valence-corrected chi connectivity index (χ2v) is 4.99. The van der Waals surface area contributed by atoms with Gasteiger partial charge in [0.2, 0.25) is 0 Å². The van der Waals surface area contributed by atoms with E-state index in [-0.39, 0.29) is 18.6 Å². The molecule has 1 aromatic rings. The maximum atomic E-state index is 12.1. The monoisotopic (exact) mass is 294 g/mol. The van der Waals surface area contributed by atoms with Gasteiger partial charge in [0, 0.05) is 20.7 Å². The van der Waals surface area contributed by atoms with Crippen molar-refractivity contribution in [3.05, 3.63) is 35.9 Å². The molecule has 0 saturated carbocycles. The van der Waals surface area contributed by atoms with Crippen molar-refractivity contribution in [1.82, 2.24) is 10.2 Å². The zero-order valence-corrected chi connectivity index (χ0v) is 12.6. The van der Waals surface area contributed by atoms with Gasteiger partial charge in [0.05, 0.1) is 18.6 Å². The molecule has 0 spiro atoms. The van der Waals surface area contributed by atoms with E-state index in [9.17, 15) is 9.59 Å². The molecule has 116 valence electrons. The number of benzene rings is 1. The number of methoxy groups -OCH3 is 1. The van der Waals surface area contributed by atoms with E-state index in [0.717, 1.165) is 5.56 Å². The van der Waals surface area contributed by atoms with Gasteiger partial charge < -0.3 is 20.1 Å². The topological polar surface area (TPSA) is 78.9 Å². The van der Waals surface area contributed by atoms with Crippen LogP contribution in [0.2, 0.25) is 0 Å². The summed E-state index contributed by atoms with van der Waals surface area (Å²) in [5.74, 6) is -1.54. The molecule has 0 aliphatic heterocycles. The van der Waals surface area contributed by atoms with Crippen molar-refractivity contribution in [2.24, 2.45) is 5.92 Å². The molecule has 0 radical (unpaired) electrons. The van der Waals surface area contributed by atoms with Crippen LogP contribution in [0.5, 0.6) is 0 Å². The smallest absolute Gasteiger partial charge is 0.317 e. The summed E-state index contributed by atoms with van der Waals surface area (Å²) in [7, 11) is 3.14. The Hall–Kier alpha value is -2.08. The second-order valence-electron chi connectivity index (χ2n) is 4.99. The molecule has 0 saturated heterocycles. The maximum Gasteiger partial charge on any atom is 0.317 e. The first-order chi connectivity index (χ1) is 9.95. The molecule has 0 aromatic heterocycles. The number of rotatable bonds is 7. The zero-order valence-electron chi connectivity index (χ0n) is 12.6. The lowest BCUT2D eigenvalue weighted by Crippen LogP contribution is -2.43. The minimum absolute atomic E-state index is 0.148. The first-order valence-electron chi connectivity index (χ1n) is 6.74. The number of nitrogens with one attached hydrogen (secondary N) is 1. The highest BCUT2D eigenvalue weighted by Gasteiger charge is 2.20. The Balaban J connectivity index is 2.66. The van der Waals surface area contributed by atoms with Gasteiger partial charge in [0.15, 0.2) is 0 Å². The summed E-state index contributed by atoms with van der Waals surface area (Å²) in [6, 6.07) is 8.89. The highest BCUT2D eigenvalue weighted by Crippen LogP contribution is 2.13. The Morgan fingerprint density at radius 3 is 2.48 bits per heavy atom. The van der Waals surface area contributed by atoms with E-state index in [1.54, 1.807) is 21.1 Å². The van der Waals surface area contributed by atoms with Crippen molar-refractivity contribution in [2.75, 3.05) is 27.3 Å². The Morgan fingerprint density at radius 1 is 1.33 bits per heavy atom. The van der Waals surface area contributed by atoms with Crippen LogP contribution in [0.4, 0.5) is 4.79 Å². The van der Waals surface area contributed by atoms with Crippen LogP contribution in [-0.4, -0.2) is 49.3 Å². The van der Waals surface area contributed by atoms with Crippen LogP contribution in [0.3, 0.4) is 0 Å². The molecule has 0 bridgehead atoms. The number of ether oxygens (including phenoxy) is 1. The van der Waals surface area contributed by atoms with Crippen LogP contribution in [-0.2, 0) is 9.53 Å². The fourth-order valence-corrected chi connectivity index (χ4v) is 1.90. The number of hydrogen-bond donors (Lipinski definition) is 2. The van der Waals surface area contributed by atoms with Crippen LogP contribution < -0.4 is 5.32 Å². The molecule has 6 heteroatoms. The van der Waals surface area contributed by atoms with Crippen molar-refractivity contribution in [2.45, 2.75) is 13.0 Å². The Morgan fingerprint density at radius 2 is 1.95 bits per heavy atom. The Kier molecular flexibility index (Phi) is 6.68. The van der Waals surface area contributed by atoms with E-state index >= 15 is 0 Å². The summed E-state index contributed by atoms with van der Waals surface area (Å²) in [6.45, 7) is 2.06. The van der Waals surface area contributed by atoms with Gasteiger partial charge in [-0.3, -0.25) is 4.79 Å². The normalized spacial score (nSPS) is 13.3. The number of carboxylic acid groups (broad SMARTS) is 1. The third-order valence-corrected chi connectivity index (χ3v) is 3.15. The average Bonchev–Trinajstić information content (AvgIpc) is 2.47. The minimum atomic E-state index is -0.925. The maximum absolute atomic E-state index is 12.1. The van der Waals surface area contributed by atoms with Crippen molar-refractivity contribution in [3.8, 4) is 0 Å². The first-order valence-corrected chi connectivity index (χ1v) is 6.74. The van der Waals surface area contributed by atoms with Gasteiger partial charge in [0.1, 0.15) is 0 Å². The van der Waals surface area contributed by atoms with Crippen molar-refractivity contribution < 1.29 is 19.4 Å². The molecular formula is C15H22N2O4. The lowest BCUT2D eigenvalue weighted by molar-refractivity contribution is -0.141. The van der Waals surface area contributed by atoms with E-state index in [1.807, 2.05) is 30.3 Å². The molecule has 1 rings (SSSR count). The lowest BCUT2D eigenvalue weighted by atomic mass is 10.1. The zero-order chi connectivity index (χ0) is 15.8. The van der Waals surface area contributed by atoms with Crippen LogP contribution in [0.25, 0.3) is 0 Å². The standard InChI is InChI=1S/C15H22N2O4/c1-11(14(18)19)9-17(2)15(20)16-13(10-21-3)12-7-5-4-6-8-12/h4-8,11,13H,9-10H2,1-3H3,(H,16,20)(H,18,19). The van der Waals surface area contributed by atoms with E-state index in [0.29, 0.717) is 6.61 Å². The Labute approximate surface area is 124 Å². The molecule has 0 aliphatic carbocycles. The van der Waals surface area contributed by atoms with Gasteiger partial charge in [-0.1, -0.05) is 37.3 Å². The van der Waals surface area contributed by atoms with Gasteiger partial charge in [-0.25, -0.2) is 4.79 Å². The highest BCUT2D eigenvalue weighted by atomic mass is 16.5. The largest absolute Gasteiger partial charge is 0.481 e. The summed E-state index contributed by atoms with van der Waals surface area (Å²) in [4.78, 5) is 24.3. The number of nitrogens with zero attached hydrogens (tertiary/aromatic N) is 1. The number of hydrogen-bond acceptors (Lipinski definition) is 3. The molecule has 1 aromatic carbocycles. The number of amides is 2. The molecule has 6 nitrogen and oxygen atoms in total. The molecule has 2 atom stereocenters. The minimum Gasteiger partial charge on any atom is -0.481 e. The summed E-state index contributed by atoms with van der Waals surface area (Å²) >= 11 is 0. The molecule has 0 aliphatic rings. The number of carbonyl (C=O) groups is 2. The van der Waals surface area contributed by atoms with Gasteiger partial charge in [-0.15, -0.1) is 0 Å². The van der Waals surface area contributed by atoms with Crippen LogP contribution in [0, 0.1) is 5.92 Å². The first kappa shape index (κ1) is 17.0. The SMILES string of the molecule is COCC(NC(=O)N(C)CC(C)C(=O)O)c1ccccc1. The molecule has 21 heavy (non-hydrogen) atoms. The third kappa shape index (κ3) is 5.43. The van der Waals surface area contributed by atoms with Crippen LogP contribution >= 0.6 is 0 Å². The van der Waals surface area contributed by atoms with Crippen LogP contribution in [0.15, 0.2) is 30.3 Å². The van der Waals surface area contributed by atoms with Crippen molar-refractivity contribution in [1.29, 1.82) is 0 Å². The predicted octanol–water partition coefficient (Wildman–Crippen LogP) is 1.74. The average molecular weight is 294 g/mol. The molecule has 2 amide bonds. The molecule has 2 N–H and O–H groups in total. The van der Waals surface area contributed by atoms with Gasteiger partial charge in [-0.2, -0.15) is 0 Å². The summed E-state index contributed by atoms with van der Waals surface area (Å²) < 4.78 is 5.13. The van der Waals surface area contributed by atoms with Gasteiger partial charge in [0.25, 0.3) is 0 Å². The van der Waals surface area contributed by atoms with Crippen molar-refractivity contribution >= 4 is 12.0 Å². The summed E-state index contributed by atoms with van der Waals surface area (Å²) in [5, 5.41) is 11.7. The predicted molar refractivity (Wildman–Crippen MR) is 79.0 cm³/mol. The quantitative estimate of drug-likeness (QED) is 0.803. The van der Waals surface area contributed by atoms with Gasteiger partial charge >= 0.3 is 12.0 Å². The van der Waals surface area contributed by atoms with Crippen LogP contribution in [0.1, 0.15) is 18.5 Å². The fraction of sp³-hybridized carbons (Fsp3) is 0.467. The third-order valence-electron chi connectivity index (χ3n) is 3.15. The lowest BCUT2D eigenvalue weighted by Gasteiger charge is -2.24. The molecular weight excluding hydrogens is 272 g/mol. The number of urea groups is 1. The van der Waals surface area contributed by atoms with Gasteiger partial charge in [-0.05, 0) is 5.56 Å².